The summed E-state index contributed by atoms with van der Waals surface area (Å²) >= 11 is 6.06. The van der Waals surface area contributed by atoms with Gasteiger partial charge in [-0.15, -0.1) is 0 Å². The van der Waals surface area contributed by atoms with E-state index in [0.717, 1.165) is 24.3 Å². The van der Waals surface area contributed by atoms with Crippen LogP contribution in [0.5, 0.6) is 0 Å². The number of carbonyl (C=O) groups is 1. The average Bonchev–Trinajstić information content (AvgIpc) is 2.58. The number of allylic oxidation sites excluding steroid dienone is 1. The van der Waals surface area contributed by atoms with Crippen molar-refractivity contribution in [1.82, 2.24) is 4.90 Å². The van der Waals surface area contributed by atoms with E-state index in [2.05, 4.69) is 43.1 Å². The van der Waals surface area contributed by atoms with E-state index in [1.54, 1.807) is 18.2 Å². The predicted octanol–water partition coefficient (Wildman–Crippen LogP) is 4.23. The van der Waals surface area contributed by atoms with Crippen LogP contribution < -0.4 is 4.90 Å². The van der Waals surface area contributed by atoms with Crippen molar-refractivity contribution < 1.29 is 4.79 Å². The van der Waals surface area contributed by atoms with Crippen LogP contribution in [0.4, 0.5) is 5.69 Å². The summed E-state index contributed by atoms with van der Waals surface area (Å²) in [4.78, 5) is 16.6. The van der Waals surface area contributed by atoms with Crippen LogP contribution >= 0.6 is 11.6 Å². The first-order valence-corrected chi connectivity index (χ1v) is 8.28. The number of likely N-dealkylation sites (N-methyl/N-ethyl adjacent to an activating group) is 2. The molecule has 2 aromatic rings. The lowest BCUT2D eigenvalue weighted by molar-refractivity contribution is 0.104. The van der Waals surface area contributed by atoms with E-state index >= 15 is 0 Å². The summed E-state index contributed by atoms with van der Waals surface area (Å²) in [6, 6.07) is 15.2. The van der Waals surface area contributed by atoms with Crippen molar-refractivity contribution in [2.24, 2.45) is 0 Å². The normalized spacial score (nSPS) is 11.2. The highest BCUT2D eigenvalue weighted by Crippen LogP contribution is 2.18. The first-order valence-electron chi connectivity index (χ1n) is 7.90. The monoisotopic (exact) mass is 342 g/mol. The highest BCUT2D eigenvalue weighted by Gasteiger charge is 2.06. The lowest BCUT2D eigenvalue weighted by Crippen LogP contribution is -2.28. The first-order chi connectivity index (χ1) is 11.5. The van der Waals surface area contributed by atoms with Gasteiger partial charge in [-0.1, -0.05) is 41.9 Å². The fraction of sp³-hybridized carbons (Fsp3) is 0.250. The fourth-order valence-electron chi connectivity index (χ4n) is 2.27. The van der Waals surface area contributed by atoms with Crippen molar-refractivity contribution >= 4 is 29.1 Å². The van der Waals surface area contributed by atoms with Crippen LogP contribution in [0, 0.1) is 0 Å². The van der Waals surface area contributed by atoms with E-state index in [1.807, 2.05) is 30.3 Å². The fourth-order valence-corrected chi connectivity index (χ4v) is 2.50. The second-order valence-electron chi connectivity index (χ2n) is 6.00. The van der Waals surface area contributed by atoms with Gasteiger partial charge >= 0.3 is 0 Å². The number of carbonyl (C=O) groups excluding carboxylic acids is 1. The quantitative estimate of drug-likeness (QED) is 0.555. The van der Waals surface area contributed by atoms with Crippen LogP contribution in [0.2, 0.25) is 5.02 Å². The molecule has 0 aromatic heterocycles. The van der Waals surface area contributed by atoms with Gasteiger partial charge in [-0.25, -0.2) is 0 Å². The largest absolute Gasteiger partial charge is 0.373 e. The van der Waals surface area contributed by atoms with Crippen molar-refractivity contribution in [3.8, 4) is 0 Å². The Morgan fingerprint density at radius 1 is 1.04 bits per heavy atom. The van der Waals surface area contributed by atoms with Gasteiger partial charge in [0.1, 0.15) is 0 Å². The third kappa shape index (κ3) is 5.22. The molecule has 2 rings (SSSR count). The Kier molecular flexibility index (Phi) is 6.59. The Balaban J connectivity index is 2.09. The number of hydrogen-bond donors (Lipinski definition) is 0. The molecule has 0 aliphatic carbocycles. The van der Waals surface area contributed by atoms with E-state index in [9.17, 15) is 4.79 Å². The van der Waals surface area contributed by atoms with Gasteiger partial charge in [-0.05, 0) is 50.0 Å². The molecular weight excluding hydrogens is 320 g/mol. The van der Waals surface area contributed by atoms with Crippen molar-refractivity contribution in [2.75, 3.05) is 39.1 Å². The van der Waals surface area contributed by atoms with Gasteiger partial charge in [0.25, 0.3) is 0 Å². The molecule has 0 spiro atoms. The molecule has 0 fully saturated rings. The number of benzene rings is 2. The molecule has 3 nitrogen and oxygen atoms in total. The minimum atomic E-state index is -0.0908. The zero-order valence-electron chi connectivity index (χ0n) is 14.4. The molecule has 24 heavy (non-hydrogen) atoms. The van der Waals surface area contributed by atoms with Crippen molar-refractivity contribution in [3.05, 3.63) is 70.8 Å². The summed E-state index contributed by atoms with van der Waals surface area (Å²) in [6.07, 6.45) is 3.40. The van der Waals surface area contributed by atoms with E-state index < -0.39 is 0 Å². The number of halogens is 1. The zero-order chi connectivity index (χ0) is 17.5. The maximum absolute atomic E-state index is 12.2. The summed E-state index contributed by atoms with van der Waals surface area (Å²) in [5.41, 5.74) is 2.64. The Bertz CT molecular complexity index is 725. The zero-order valence-corrected chi connectivity index (χ0v) is 15.1. The van der Waals surface area contributed by atoms with Crippen molar-refractivity contribution in [1.29, 1.82) is 0 Å². The average molecular weight is 343 g/mol. The molecule has 0 N–H and O–H groups in total. The molecule has 0 radical (unpaired) electrons. The summed E-state index contributed by atoms with van der Waals surface area (Å²) in [7, 11) is 6.20. The highest BCUT2D eigenvalue weighted by molar-refractivity contribution is 6.34. The summed E-state index contributed by atoms with van der Waals surface area (Å²) in [5.74, 6) is -0.0908. The second-order valence-corrected chi connectivity index (χ2v) is 6.40. The Morgan fingerprint density at radius 3 is 2.50 bits per heavy atom. The van der Waals surface area contributed by atoms with Crippen molar-refractivity contribution in [2.45, 2.75) is 0 Å². The maximum Gasteiger partial charge on any atom is 0.187 e. The standard InChI is InChI=1S/C20H23ClN2O/c1-22(2)13-14-23(3)17-8-6-7-16(15-17)11-12-20(24)18-9-4-5-10-19(18)21/h4-12,15H,13-14H2,1-3H3. The molecular formula is C20H23ClN2O. The van der Waals surface area contributed by atoms with Gasteiger partial charge in [0.2, 0.25) is 0 Å². The SMILES string of the molecule is CN(C)CCN(C)c1cccc(C=CC(=O)c2ccccc2Cl)c1. The topological polar surface area (TPSA) is 23.6 Å². The van der Waals surface area contributed by atoms with Crippen molar-refractivity contribution in [3.63, 3.8) is 0 Å². The van der Waals surface area contributed by atoms with Crippen LogP contribution in [0.15, 0.2) is 54.6 Å². The second kappa shape index (κ2) is 8.67. The Hall–Kier alpha value is -2.10. The molecule has 0 amide bonds. The molecule has 0 heterocycles. The molecule has 0 aliphatic heterocycles. The molecule has 0 saturated heterocycles. The van der Waals surface area contributed by atoms with Crippen LogP contribution in [0.25, 0.3) is 6.08 Å². The van der Waals surface area contributed by atoms with E-state index in [4.69, 9.17) is 11.6 Å². The van der Waals surface area contributed by atoms with Crippen LogP contribution in [-0.2, 0) is 0 Å². The Morgan fingerprint density at radius 2 is 1.79 bits per heavy atom. The summed E-state index contributed by atoms with van der Waals surface area (Å²) in [5, 5.41) is 0.476. The lowest BCUT2D eigenvalue weighted by atomic mass is 10.1. The molecule has 0 aliphatic rings. The highest BCUT2D eigenvalue weighted by atomic mass is 35.5. The number of anilines is 1. The van der Waals surface area contributed by atoms with E-state index in [0.29, 0.717) is 10.6 Å². The maximum atomic E-state index is 12.2. The molecule has 2 aromatic carbocycles. The van der Waals surface area contributed by atoms with Gasteiger partial charge in [0, 0.05) is 31.4 Å². The number of hydrogen-bond acceptors (Lipinski definition) is 3. The summed E-state index contributed by atoms with van der Waals surface area (Å²) in [6.45, 7) is 1.93. The number of nitrogens with zero attached hydrogens (tertiary/aromatic N) is 2. The predicted molar refractivity (Wildman–Crippen MR) is 103 cm³/mol. The first kappa shape index (κ1) is 18.2. The Labute approximate surface area is 149 Å². The minimum absolute atomic E-state index is 0.0908. The third-order valence-electron chi connectivity index (χ3n) is 3.76. The van der Waals surface area contributed by atoms with E-state index in [1.165, 1.54) is 0 Å². The minimum Gasteiger partial charge on any atom is -0.373 e. The molecule has 126 valence electrons. The molecule has 4 heteroatoms. The molecule has 0 bridgehead atoms. The molecule has 0 saturated carbocycles. The van der Waals surface area contributed by atoms with Crippen LogP contribution in [0.1, 0.15) is 15.9 Å². The number of ketones is 1. The molecule has 0 atom stereocenters. The third-order valence-corrected chi connectivity index (χ3v) is 4.09. The van der Waals surface area contributed by atoms with Gasteiger partial charge in [-0.3, -0.25) is 4.79 Å². The smallest absolute Gasteiger partial charge is 0.187 e. The van der Waals surface area contributed by atoms with Gasteiger partial charge in [0.15, 0.2) is 5.78 Å². The lowest BCUT2D eigenvalue weighted by Gasteiger charge is -2.21. The van der Waals surface area contributed by atoms with Crippen LogP contribution in [0.3, 0.4) is 0 Å². The van der Waals surface area contributed by atoms with Gasteiger partial charge < -0.3 is 9.80 Å². The molecule has 0 unspecified atom stereocenters. The summed E-state index contributed by atoms with van der Waals surface area (Å²) < 4.78 is 0. The number of rotatable bonds is 7. The van der Waals surface area contributed by atoms with Gasteiger partial charge in [-0.2, -0.15) is 0 Å². The van der Waals surface area contributed by atoms with Crippen LogP contribution in [-0.4, -0.2) is 44.9 Å². The van der Waals surface area contributed by atoms with E-state index in [-0.39, 0.29) is 5.78 Å². The van der Waals surface area contributed by atoms with Gasteiger partial charge in [0.05, 0.1) is 5.02 Å².